The predicted molar refractivity (Wildman–Crippen MR) is 149 cm³/mol. The quantitative estimate of drug-likeness (QED) is 0.187. The number of nitrogens with one attached hydrogen (secondary N) is 1. The van der Waals surface area contributed by atoms with E-state index in [1.807, 2.05) is 18.4 Å². The van der Waals surface area contributed by atoms with Crippen molar-refractivity contribution in [2.75, 3.05) is 12.1 Å². The number of benzene rings is 1. The highest BCUT2D eigenvalue weighted by molar-refractivity contribution is 7.56. The number of ether oxygens (including phenoxy) is 1. The Labute approximate surface area is 223 Å². The molecule has 0 bridgehead atoms. The topological polar surface area (TPSA) is 107 Å². The lowest BCUT2D eigenvalue weighted by Crippen LogP contribution is -2.23. The lowest BCUT2D eigenvalue weighted by atomic mass is 9.95. The molecule has 10 heteroatoms. The van der Waals surface area contributed by atoms with Crippen LogP contribution in [0.5, 0.6) is 0 Å². The summed E-state index contributed by atoms with van der Waals surface area (Å²) in [4.78, 5) is 35.4. The number of esters is 1. The monoisotopic (exact) mass is 550 g/mol. The number of anilines is 1. The lowest BCUT2D eigenvalue weighted by Gasteiger charge is -2.25. The maximum Gasteiger partial charge on any atom is 0.354 e. The molecule has 0 saturated heterocycles. The Morgan fingerprint density at radius 3 is 2.50 bits per heavy atom. The van der Waals surface area contributed by atoms with Crippen LogP contribution in [0.4, 0.5) is 10.1 Å². The summed E-state index contributed by atoms with van der Waals surface area (Å²) < 4.78 is 39.4. The number of halogens is 1. The second kappa shape index (κ2) is 12.6. The van der Waals surface area contributed by atoms with Crippen molar-refractivity contribution in [3.63, 3.8) is 0 Å². The van der Waals surface area contributed by atoms with E-state index in [2.05, 4.69) is 5.32 Å². The molecule has 1 unspecified atom stereocenters. The molecule has 0 aliphatic heterocycles. The van der Waals surface area contributed by atoms with Crippen LogP contribution in [0.1, 0.15) is 91.2 Å². The highest BCUT2D eigenvalue weighted by Gasteiger charge is 2.25. The Morgan fingerprint density at radius 1 is 1.24 bits per heavy atom. The Kier molecular flexibility index (Phi) is 9.96. The molecular formula is C28H40FN2O6P. The summed E-state index contributed by atoms with van der Waals surface area (Å²) in [5, 5.41) is 3.53. The van der Waals surface area contributed by atoms with E-state index < -0.39 is 37.0 Å². The molecule has 1 aliphatic rings. The summed E-state index contributed by atoms with van der Waals surface area (Å²) in [6, 6.07) is 3.19. The molecule has 0 amide bonds. The number of rotatable bonds is 10. The van der Waals surface area contributed by atoms with E-state index in [0.29, 0.717) is 11.2 Å². The maximum atomic E-state index is 15.2. The van der Waals surface area contributed by atoms with Gasteiger partial charge in [-0.05, 0) is 64.7 Å². The molecule has 1 atom stereocenters. The van der Waals surface area contributed by atoms with Crippen molar-refractivity contribution < 1.29 is 27.9 Å². The highest BCUT2D eigenvalue weighted by Crippen LogP contribution is 2.44. The predicted octanol–water partition coefficient (Wildman–Crippen LogP) is 6.97. The van der Waals surface area contributed by atoms with E-state index in [1.54, 1.807) is 33.0 Å². The maximum absolute atomic E-state index is 15.2. The Morgan fingerprint density at radius 2 is 1.89 bits per heavy atom. The van der Waals surface area contributed by atoms with Gasteiger partial charge in [-0.1, -0.05) is 33.1 Å². The van der Waals surface area contributed by atoms with Crippen LogP contribution in [0.15, 0.2) is 28.9 Å². The first-order valence-electron chi connectivity index (χ1n) is 13.3. The van der Waals surface area contributed by atoms with Crippen molar-refractivity contribution in [3.8, 4) is 0 Å². The molecule has 1 saturated carbocycles. The first kappa shape index (κ1) is 30.1. The molecular weight excluding hydrogens is 510 g/mol. The molecule has 1 aromatic carbocycles. The highest BCUT2D eigenvalue weighted by atomic mass is 31.2. The van der Waals surface area contributed by atoms with Crippen molar-refractivity contribution in [2.45, 2.75) is 91.6 Å². The van der Waals surface area contributed by atoms with E-state index in [9.17, 15) is 19.0 Å². The van der Waals surface area contributed by atoms with Gasteiger partial charge in [0.15, 0.2) is 5.43 Å². The molecule has 2 N–H and O–H groups in total. The van der Waals surface area contributed by atoms with E-state index >= 15 is 4.39 Å². The summed E-state index contributed by atoms with van der Waals surface area (Å²) in [5.41, 5.74) is -0.129. The summed E-state index contributed by atoms with van der Waals surface area (Å²) in [7, 11) is -4.33. The number of aromatic nitrogens is 1. The Hall–Kier alpha value is -2.48. The van der Waals surface area contributed by atoms with Crippen LogP contribution in [0.2, 0.25) is 0 Å². The van der Waals surface area contributed by atoms with Gasteiger partial charge >= 0.3 is 13.6 Å². The third kappa shape index (κ3) is 7.55. The number of carbonyl (C=O) groups excluding carboxylic acids is 1. The second-order valence-corrected chi connectivity index (χ2v) is 12.6. The standard InChI is InChI=1S/C28H40FN2O6P/c1-6-21(7-2)31-17-19(13-14-38(34,35)37-18-36-27(33)28(3,4)5)26(32)22-15-23(29)24(16-25(22)31)30-20-11-9-8-10-12-20/h13-17,20-21,30H,6-12,18H2,1-5H3,(H,34,35)/b14-13+. The molecule has 8 nitrogen and oxygen atoms in total. The zero-order valence-corrected chi connectivity index (χ0v) is 23.9. The molecule has 1 aliphatic carbocycles. The van der Waals surface area contributed by atoms with Gasteiger partial charge in [0.25, 0.3) is 0 Å². The number of nitrogens with zero attached hydrogens (tertiary/aromatic N) is 1. The molecule has 2 aromatic rings. The van der Waals surface area contributed by atoms with E-state index in [4.69, 9.17) is 9.26 Å². The molecule has 210 valence electrons. The minimum atomic E-state index is -4.33. The third-order valence-corrected chi connectivity index (χ3v) is 7.93. The van der Waals surface area contributed by atoms with Crippen LogP contribution in [0.3, 0.4) is 0 Å². The Bertz CT molecular complexity index is 1270. The van der Waals surface area contributed by atoms with Gasteiger partial charge in [-0.25, -0.2) is 4.39 Å². The smallest absolute Gasteiger partial charge is 0.354 e. The molecule has 38 heavy (non-hydrogen) atoms. The zero-order chi connectivity index (χ0) is 28.1. The van der Waals surface area contributed by atoms with Crippen molar-refractivity contribution in [1.29, 1.82) is 0 Å². The van der Waals surface area contributed by atoms with E-state index in [1.165, 1.54) is 18.6 Å². The molecule has 1 aromatic heterocycles. The van der Waals surface area contributed by atoms with Gasteiger partial charge in [0.2, 0.25) is 6.79 Å². The number of carbonyl (C=O) groups is 1. The van der Waals surface area contributed by atoms with Crippen LogP contribution < -0.4 is 10.7 Å². The van der Waals surface area contributed by atoms with E-state index in [-0.39, 0.29) is 23.0 Å². The van der Waals surface area contributed by atoms with Gasteiger partial charge in [0.1, 0.15) is 5.82 Å². The first-order valence-corrected chi connectivity index (χ1v) is 15.0. The number of hydrogen-bond acceptors (Lipinski definition) is 6. The van der Waals surface area contributed by atoms with Crippen LogP contribution in [-0.2, 0) is 18.6 Å². The largest absolute Gasteiger partial charge is 0.438 e. The molecule has 1 fully saturated rings. The Balaban J connectivity index is 1.95. The number of fused-ring (bicyclic) bond motifs is 1. The number of pyridine rings is 1. The summed E-state index contributed by atoms with van der Waals surface area (Å²) in [6.45, 7) is 8.31. The fraction of sp³-hybridized carbons (Fsp3) is 0.571. The van der Waals surface area contributed by atoms with Gasteiger partial charge in [-0.2, -0.15) is 0 Å². The third-order valence-electron chi connectivity index (χ3n) is 6.93. The molecule has 3 rings (SSSR count). The van der Waals surface area contributed by atoms with Crippen molar-refractivity contribution in [2.24, 2.45) is 5.41 Å². The van der Waals surface area contributed by atoms with Crippen molar-refractivity contribution in [1.82, 2.24) is 4.57 Å². The normalized spacial score (nSPS) is 16.7. The van der Waals surface area contributed by atoms with Crippen LogP contribution in [0.25, 0.3) is 17.0 Å². The van der Waals surface area contributed by atoms with Crippen LogP contribution >= 0.6 is 7.60 Å². The average molecular weight is 551 g/mol. The van der Waals surface area contributed by atoms with Crippen molar-refractivity contribution >= 4 is 36.2 Å². The number of hydrogen-bond donors (Lipinski definition) is 2. The SMILES string of the molecule is CCC(CC)n1cc(/C=C/P(=O)(O)OCOC(=O)C(C)(C)C)c(=O)c2cc(F)c(NC3CCCCC3)cc21. The van der Waals surface area contributed by atoms with Gasteiger partial charge in [0, 0.05) is 35.0 Å². The lowest BCUT2D eigenvalue weighted by molar-refractivity contribution is -0.159. The minimum Gasteiger partial charge on any atom is -0.438 e. The summed E-state index contributed by atoms with van der Waals surface area (Å²) in [5.74, 6) is -0.203. The molecule has 0 radical (unpaired) electrons. The molecule has 1 heterocycles. The fourth-order valence-corrected chi connectivity index (χ4v) is 5.30. The van der Waals surface area contributed by atoms with Crippen LogP contribution in [0, 0.1) is 11.2 Å². The van der Waals surface area contributed by atoms with Crippen LogP contribution in [-0.4, -0.2) is 28.3 Å². The van der Waals surface area contributed by atoms with E-state index in [0.717, 1.165) is 44.3 Å². The zero-order valence-electron chi connectivity index (χ0n) is 23.0. The minimum absolute atomic E-state index is 0.0345. The second-order valence-electron chi connectivity index (χ2n) is 10.9. The van der Waals surface area contributed by atoms with Gasteiger partial charge in [-0.3, -0.25) is 18.7 Å². The average Bonchev–Trinajstić information content (AvgIpc) is 2.86. The van der Waals surface area contributed by atoms with Gasteiger partial charge in [-0.15, -0.1) is 0 Å². The summed E-state index contributed by atoms with van der Waals surface area (Å²) in [6.07, 6.45) is 9.79. The fourth-order valence-electron chi connectivity index (χ4n) is 4.66. The van der Waals surface area contributed by atoms with Gasteiger partial charge < -0.3 is 19.5 Å². The summed E-state index contributed by atoms with van der Waals surface area (Å²) >= 11 is 0. The van der Waals surface area contributed by atoms with Crippen molar-refractivity contribution in [3.05, 3.63) is 45.8 Å². The molecule has 0 spiro atoms. The van der Waals surface area contributed by atoms with Gasteiger partial charge in [0.05, 0.1) is 16.6 Å². The first-order chi connectivity index (χ1) is 17.9.